The number of aryl methyl sites for hydroxylation is 1. The number of benzene rings is 1. The lowest BCUT2D eigenvalue weighted by molar-refractivity contribution is -0.146. The summed E-state index contributed by atoms with van der Waals surface area (Å²) in [6, 6.07) is 11.4. The van der Waals surface area contributed by atoms with Gasteiger partial charge in [0, 0.05) is 18.2 Å². The van der Waals surface area contributed by atoms with Gasteiger partial charge in [-0.05, 0) is 24.6 Å². The maximum absolute atomic E-state index is 11.0. The predicted molar refractivity (Wildman–Crippen MR) is 78.0 cm³/mol. The van der Waals surface area contributed by atoms with Gasteiger partial charge in [0.2, 0.25) is 0 Å². The Morgan fingerprint density at radius 2 is 1.76 bits per heavy atom. The van der Waals surface area contributed by atoms with E-state index in [-0.39, 0.29) is 0 Å². The molecule has 0 amide bonds. The molecule has 0 fully saturated rings. The maximum Gasteiger partial charge on any atom is 0.376 e. The molecule has 0 unspecified atom stereocenters. The lowest BCUT2D eigenvalue weighted by atomic mass is 10.1. The molecule has 1 heterocycles. The molecule has 0 saturated carbocycles. The van der Waals surface area contributed by atoms with Crippen molar-refractivity contribution in [3.63, 3.8) is 0 Å². The normalized spacial score (nSPS) is 11.4. The third-order valence-electron chi connectivity index (χ3n) is 3.02. The Morgan fingerprint density at radius 1 is 1.10 bits per heavy atom. The summed E-state index contributed by atoms with van der Waals surface area (Å²) in [5.74, 6) is -3.16. The molecule has 0 bridgehead atoms. The van der Waals surface area contributed by atoms with Crippen LogP contribution in [0.15, 0.2) is 42.5 Å². The van der Waals surface area contributed by atoms with Crippen LogP contribution in [0.25, 0.3) is 5.76 Å². The van der Waals surface area contributed by atoms with Crippen LogP contribution in [-0.2, 0) is 16.0 Å². The fourth-order valence-corrected chi connectivity index (χ4v) is 1.88. The van der Waals surface area contributed by atoms with Crippen LogP contribution >= 0.6 is 0 Å². The minimum atomic E-state index is -1.60. The van der Waals surface area contributed by atoms with Gasteiger partial charge in [0.1, 0.15) is 5.76 Å². The smallest absolute Gasteiger partial charge is 0.376 e. The molecule has 1 aromatic heterocycles. The number of rotatable bonds is 5. The summed E-state index contributed by atoms with van der Waals surface area (Å²) in [7, 11) is 0. The highest BCUT2D eigenvalue weighted by atomic mass is 16.4. The lowest BCUT2D eigenvalue weighted by Crippen LogP contribution is -2.09. The second kappa shape index (κ2) is 6.09. The number of carbonyl (C=O) groups is 2. The van der Waals surface area contributed by atoms with Gasteiger partial charge in [-0.2, -0.15) is 0 Å². The van der Waals surface area contributed by atoms with E-state index in [0.29, 0.717) is 18.2 Å². The first-order valence-corrected chi connectivity index (χ1v) is 6.37. The Bertz CT molecular complexity index is 695. The second-order valence-electron chi connectivity index (χ2n) is 4.76. The minimum absolute atomic E-state index is 0.312. The highest BCUT2D eigenvalue weighted by Crippen LogP contribution is 2.14. The molecule has 0 spiro atoms. The Kier molecular flexibility index (Phi) is 4.23. The van der Waals surface area contributed by atoms with Gasteiger partial charge in [-0.15, -0.1) is 0 Å². The van der Waals surface area contributed by atoms with Gasteiger partial charge in [0.25, 0.3) is 5.78 Å². The van der Waals surface area contributed by atoms with Crippen LogP contribution in [0.5, 0.6) is 0 Å². The Hall–Kier alpha value is -2.82. The number of hydrogen-bond acceptors (Lipinski definition) is 3. The maximum atomic E-state index is 11.0. The number of aliphatic hydroxyl groups excluding tert-OH is 1. The minimum Gasteiger partial charge on any atom is -0.506 e. The molecule has 108 valence electrons. The molecule has 0 aliphatic carbocycles. The van der Waals surface area contributed by atoms with Crippen LogP contribution in [-0.4, -0.2) is 26.9 Å². The van der Waals surface area contributed by atoms with Gasteiger partial charge >= 0.3 is 5.97 Å². The first-order chi connectivity index (χ1) is 9.95. The third-order valence-corrected chi connectivity index (χ3v) is 3.02. The SMILES string of the molecule is Cc1ccc(Cc2ccc(C(O)=CC(=O)C(=O)O)[nH]2)cc1. The molecular weight excluding hydrogens is 270 g/mol. The summed E-state index contributed by atoms with van der Waals surface area (Å²) in [5, 5.41) is 18.2. The van der Waals surface area contributed by atoms with Crippen LogP contribution in [0.3, 0.4) is 0 Å². The standard InChI is InChI=1S/C16H15NO4/c1-10-2-4-11(5-3-10)8-12-6-7-13(17-12)14(18)9-15(19)16(20)21/h2-7,9,17-18H,8H2,1H3,(H,20,21). The number of ketones is 1. The van der Waals surface area contributed by atoms with Crippen molar-refractivity contribution >= 4 is 17.5 Å². The molecule has 1 aromatic carbocycles. The highest BCUT2D eigenvalue weighted by molar-refractivity contribution is 6.38. The zero-order valence-corrected chi connectivity index (χ0v) is 11.5. The molecule has 2 rings (SSSR count). The first kappa shape index (κ1) is 14.6. The van der Waals surface area contributed by atoms with Crippen molar-refractivity contribution in [3.05, 3.63) is 65.0 Å². The summed E-state index contributed by atoms with van der Waals surface area (Å²) in [4.78, 5) is 24.4. The number of carboxylic acids is 1. The fourth-order valence-electron chi connectivity index (χ4n) is 1.88. The van der Waals surface area contributed by atoms with Gasteiger partial charge in [-0.25, -0.2) is 4.79 Å². The number of aromatic amines is 1. The molecule has 2 aromatic rings. The van der Waals surface area contributed by atoms with Crippen molar-refractivity contribution in [3.8, 4) is 0 Å². The highest BCUT2D eigenvalue weighted by Gasteiger charge is 2.11. The molecule has 5 nitrogen and oxygen atoms in total. The van der Waals surface area contributed by atoms with Crippen molar-refractivity contribution < 1.29 is 19.8 Å². The molecule has 0 radical (unpaired) electrons. The van der Waals surface area contributed by atoms with Crippen molar-refractivity contribution in [1.82, 2.24) is 4.98 Å². The van der Waals surface area contributed by atoms with Crippen molar-refractivity contribution in [1.29, 1.82) is 0 Å². The van der Waals surface area contributed by atoms with Gasteiger partial charge in [0.05, 0.1) is 5.69 Å². The fraction of sp³-hybridized carbons (Fsp3) is 0.125. The number of aromatic nitrogens is 1. The first-order valence-electron chi connectivity index (χ1n) is 6.37. The molecule has 0 aliphatic rings. The quantitative estimate of drug-likeness (QED) is 0.447. The van der Waals surface area contributed by atoms with E-state index < -0.39 is 17.5 Å². The van der Waals surface area contributed by atoms with Crippen molar-refractivity contribution in [2.75, 3.05) is 0 Å². The van der Waals surface area contributed by atoms with Crippen LogP contribution in [0.1, 0.15) is 22.5 Å². The topological polar surface area (TPSA) is 90.4 Å². The average Bonchev–Trinajstić information content (AvgIpc) is 2.90. The molecule has 5 heteroatoms. The van der Waals surface area contributed by atoms with Gasteiger partial charge in [0.15, 0.2) is 0 Å². The summed E-state index contributed by atoms with van der Waals surface area (Å²) in [6.07, 6.45) is 1.34. The van der Waals surface area contributed by atoms with Crippen LogP contribution in [0, 0.1) is 6.92 Å². The van der Waals surface area contributed by atoms with Gasteiger partial charge < -0.3 is 15.2 Å². The van der Waals surface area contributed by atoms with Crippen molar-refractivity contribution in [2.24, 2.45) is 0 Å². The number of carboxylic acid groups (broad SMARTS) is 1. The van der Waals surface area contributed by atoms with E-state index in [4.69, 9.17) is 5.11 Å². The number of H-pyrrole nitrogens is 1. The third kappa shape index (κ3) is 3.82. The zero-order valence-electron chi connectivity index (χ0n) is 11.5. The van der Waals surface area contributed by atoms with E-state index in [2.05, 4.69) is 4.98 Å². The van der Waals surface area contributed by atoms with Gasteiger partial charge in [-0.1, -0.05) is 29.8 Å². The van der Waals surface area contributed by atoms with E-state index in [1.54, 1.807) is 12.1 Å². The summed E-state index contributed by atoms with van der Waals surface area (Å²) < 4.78 is 0. The summed E-state index contributed by atoms with van der Waals surface area (Å²) in [5.41, 5.74) is 3.46. The van der Waals surface area contributed by atoms with E-state index in [1.165, 1.54) is 5.56 Å². The Labute approximate surface area is 121 Å². The van der Waals surface area contributed by atoms with Gasteiger partial charge in [-0.3, -0.25) is 4.79 Å². The number of nitrogens with one attached hydrogen (secondary N) is 1. The van der Waals surface area contributed by atoms with E-state index >= 15 is 0 Å². The number of carbonyl (C=O) groups excluding carboxylic acids is 1. The van der Waals surface area contributed by atoms with E-state index in [9.17, 15) is 14.7 Å². The van der Waals surface area contributed by atoms with Crippen LogP contribution < -0.4 is 0 Å². The number of aliphatic hydroxyl groups is 1. The number of hydrogen-bond donors (Lipinski definition) is 3. The molecule has 0 atom stereocenters. The second-order valence-corrected chi connectivity index (χ2v) is 4.76. The zero-order chi connectivity index (χ0) is 15.4. The largest absolute Gasteiger partial charge is 0.506 e. The summed E-state index contributed by atoms with van der Waals surface area (Å²) in [6.45, 7) is 2.01. The Morgan fingerprint density at radius 3 is 2.38 bits per heavy atom. The Balaban J connectivity index is 2.12. The van der Waals surface area contributed by atoms with Crippen LogP contribution in [0.4, 0.5) is 0 Å². The molecule has 0 saturated heterocycles. The molecule has 21 heavy (non-hydrogen) atoms. The molecule has 3 N–H and O–H groups in total. The summed E-state index contributed by atoms with van der Waals surface area (Å²) >= 11 is 0. The monoisotopic (exact) mass is 285 g/mol. The van der Waals surface area contributed by atoms with E-state index in [1.807, 2.05) is 31.2 Å². The predicted octanol–water partition coefficient (Wildman–Crippen LogP) is 2.47. The number of aliphatic carboxylic acids is 1. The lowest BCUT2D eigenvalue weighted by Gasteiger charge is -2.00. The molecule has 0 aliphatic heterocycles. The van der Waals surface area contributed by atoms with Crippen LogP contribution in [0.2, 0.25) is 0 Å². The van der Waals surface area contributed by atoms with Crippen molar-refractivity contribution in [2.45, 2.75) is 13.3 Å². The average molecular weight is 285 g/mol. The van der Waals surface area contributed by atoms with E-state index in [0.717, 1.165) is 11.3 Å². The molecular formula is C16H15NO4.